The summed E-state index contributed by atoms with van der Waals surface area (Å²) < 4.78 is 26.9. The van der Waals surface area contributed by atoms with E-state index < -0.39 is 11.8 Å². The van der Waals surface area contributed by atoms with Gasteiger partial charge in [-0.1, -0.05) is 6.07 Å². The van der Waals surface area contributed by atoms with Crippen molar-refractivity contribution in [2.24, 2.45) is 0 Å². The van der Waals surface area contributed by atoms with Gasteiger partial charge >= 0.3 is 0 Å². The molecule has 4 rings (SSSR count). The standard InChI is InChI=1S/C27H31F2N7O/c1-35(2)17-22-5-4-21(15-33-22)34-26(37)25(31)23-12-19(3-6-24(23)30)20-11-18(13-32-14-20)16-36-9-7-27(28,29)8-10-36/h3-6,11-15,31H,7-10,16-17,30H2,1-2H3,(H,34,37). The lowest BCUT2D eigenvalue weighted by Crippen LogP contribution is -2.38. The molecule has 0 aliphatic carbocycles. The number of piperidine rings is 1. The van der Waals surface area contributed by atoms with Gasteiger partial charge in [-0.3, -0.25) is 25.1 Å². The Morgan fingerprint density at radius 2 is 1.86 bits per heavy atom. The van der Waals surface area contributed by atoms with Gasteiger partial charge in [0.05, 0.1) is 17.6 Å². The zero-order valence-electron chi connectivity index (χ0n) is 21.0. The van der Waals surface area contributed by atoms with Gasteiger partial charge in [0.25, 0.3) is 11.8 Å². The number of anilines is 2. The monoisotopic (exact) mass is 507 g/mol. The minimum absolute atomic E-state index is 0.137. The molecule has 0 bridgehead atoms. The lowest BCUT2D eigenvalue weighted by molar-refractivity contribution is -0.110. The van der Waals surface area contributed by atoms with E-state index in [1.165, 1.54) is 0 Å². The predicted octanol–water partition coefficient (Wildman–Crippen LogP) is 4.03. The van der Waals surface area contributed by atoms with Gasteiger partial charge in [0.15, 0.2) is 0 Å². The van der Waals surface area contributed by atoms with Gasteiger partial charge in [0.2, 0.25) is 0 Å². The summed E-state index contributed by atoms with van der Waals surface area (Å²) in [5.41, 5.74) is 10.2. The number of benzene rings is 1. The molecule has 194 valence electrons. The molecule has 3 aromatic rings. The van der Waals surface area contributed by atoms with Crippen LogP contribution >= 0.6 is 0 Å². The number of amides is 1. The number of nitrogen functional groups attached to an aromatic ring is 1. The molecule has 2 aromatic heterocycles. The summed E-state index contributed by atoms with van der Waals surface area (Å²) in [6.45, 7) is 1.88. The Hall–Kier alpha value is -3.76. The fourth-order valence-corrected chi connectivity index (χ4v) is 4.21. The highest BCUT2D eigenvalue weighted by molar-refractivity contribution is 6.48. The molecular weight excluding hydrogens is 476 g/mol. The number of halogens is 2. The number of carbonyl (C=O) groups excluding carboxylic acids is 1. The number of rotatable bonds is 8. The lowest BCUT2D eigenvalue weighted by Gasteiger charge is -2.31. The van der Waals surface area contributed by atoms with Crippen LogP contribution in [0.2, 0.25) is 0 Å². The van der Waals surface area contributed by atoms with Crippen LogP contribution in [0.25, 0.3) is 11.1 Å². The van der Waals surface area contributed by atoms with E-state index in [-0.39, 0.29) is 18.6 Å². The molecular formula is C27H31F2N7O. The van der Waals surface area contributed by atoms with Crippen LogP contribution in [0.3, 0.4) is 0 Å². The van der Waals surface area contributed by atoms with E-state index in [1.807, 2.05) is 36.0 Å². The summed E-state index contributed by atoms with van der Waals surface area (Å²) in [5, 5.41) is 11.2. The van der Waals surface area contributed by atoms with Gasteiger partial charge < -0.3 is 16.0 Å². The highest BCUT2D eigenvalue weighted by Gasteiger charge is 2.33. The van der Waals surface area contributed by atoms with E-state index >= 15 is 0 Å². The van der Waals surface area contributed by atoms with Gasteiger partial charge in [0, 0.05) is 68.2 Å². The van der Waals surface area contributed by atoms with Crippen LogP contribution < -0.4 is 11.1 Å². The second-order valence-electron chi connectivity index (χ2n) is 9.62. The topological polar surface area (TPSA) is 111 Å². The van der Waals surface area contributed by atoms with Crippen LogP contribution in [0.5, 0.6) is 0 Å². The van der Waals surface area contributed by atoms with E-state index in [4.69, 9.17) is 11.1 Å². The van der Waals surface area contributed by atoms with Crippen LogP contribution in [0.15, 0.2) is 55.0 Å². The van der Waals surface area contributed by atoms with E-state index in [0.29, 0.717) is 43.1 Å². The van der Waals surface area contributed by atoms with Gasteiger partial charge in [-0.05, 0) is 55.6 Å². The Labute approximate surface area is 215 Å². The first kappa shape index (κ1) is 26.3. The van der Waals surface area contributed by atoms with Crippen LogP contribution in [-0.2, 0) is 17.9 Å². The summed E-state index contributed by atoms with van der Waals surface area (Å²) in [6, 6.07) is 10.7. The lowest BCUT2D eigenvalue weighted by atomic mass is 9.99. The van der Waals surface area contributed by atoms with Crippen LogP contribution in [0, 0.1) is 5.41 Å². The van der Waals surface area contributed by atoms with Crippen LogP contribution in [-0.4, -0.2) is 64.5 Å². The first-order valence-electron chi connectivity index (χ1n) is 12.0. The molecule has 8 nitrogen and oxygen atoms in total. The van der Waals surface area contributed by atoms with Crippen molar-refractivity contribution in [3.63, 3.8) is 0 Å². The summed E-state index contributed by atoms with van der Waals surface area (Å²) >= 11 is 0. The SMILES string of the molecule is CN(C)Cc1ccc(NC(=O)C(=N)c2cc(-c3cncc(CN4CCC(F)(F)CC4)c3)ccc2N)cn1. The molecule has 0 saturated carbocycles. The summed E-state index contributed by atoms with van der Waals surface area (Å²) in [7, 11) is 3.89. The molecule has 0 atom stereocenters. The molecule has 37 heavy (non-hydrogen) atoms. The average molecular weight is 508 g/mol. The normalized spacial score (nSPS) is 15.5. The average Bonchev–Trinajstić information content (AvgIpc) is 2.86. The number of nitrogens with zero attached hydrogens (tertiary/aromatic N) is 4. The smallest absolute Gasteiger partial charge is 0.274 e. The zero-order chi connectivity index (χ0) is 26.6. The Bertz CT molecular complexity index is 1270. The number of pyridine rings is 2. The van der Waals surface area contributed by atoms with Crippen molar-refractivity contribution in [2.45, 2.75) is 31.9 Å². The molecule has 0 unspecified atom stereocenters. The van der Waals surface area contributed by atoms with Gasteiger partial charge in [0.1, 0.15) is 5.71 Å². The maximum atomic E-state index is 13.5. The van der Waals surface area contributed by atoms with Gasteiger partial charge in [-0.2, -0.15) is 0 Å². The predicted molar refractivity (Wildman–Crippen MR) is 141 cm³/mol. The van der Waals surface area contributed by atoms with Gasteiger partial charge in [-0.25, -0.2) is 8.78 Å². The van der Waals surface area contributed by atoms with Crippen molar-refractivity contribution in [3.05, 3.63) is 71.8 Å². The van der Waals surface area contributed by atoms with E-state index in [9.17, 15) is 13.6 Å². The molecule has 1 aliphatic heterocycles. The fraction of sp³-hybridized carbons (Fsp3) is 0.333. The molecule has 3 heterocycles. The number of hydrogen-bond acceptors (Lipinski definition) is 7. The first-order chi connectivity index (χ1) is 17.6. The third kappa shape index (κ3) is 6.93. The Morgan fingerprint density at radius 1 is 1.11 bits per heavy atom. The Balaban J connectivity index is 1.46. The van der Waals surface area contributed by atoms with Crippen LogP contribution in [0.4, 0.5) is 20.2 Å². The number of nitrogens with one attached hydrogen (secondary N) is 2. The number of likely N-dealkylation sites (tertiary alicyclic amines) is 1. The number of hydrogen-bond donors (Lipinski definition) is 3. The van der Waals surface area contributed by atoms with E-state index in [1.54, 1.807) is 42.9 Å². The summed E-state index contributed by atoms with van der Waals surface area (Å²) in [5.74, 6) is -3.18. The molecule has 0 spiro atoms. The molecule has 10 heteroatoms. The number of carbonyl (C=O) groups is 1. The van der Waals surface area contributed by atoms with Gasteiger partial charge in [-0.15, -0.1) is 0 Å². The van der Waals surface area contributed by atoms with Crippen molar-refractivity contribution in [3.8, 4) is 11.1 Å². The first-order valence-corrected chi connectivity index (χ1v) is 12.0. The van der Waals surface area contributed by atoms with E-state index in [0.717, 1.165) is 22.4 Å². The third-order valence-electron chi connectivity index (χ3n) is 6.23. The summed E-state index contributed by atoms with van der Waals surface area (Å²) in [6.07, 6.45) is 4.70. The van der Waals surface area contributed by atoms with Crippen molar-refractivity contribution in [1.82, 2.24) is 19.8 Å². The molecule has 1 aliphatic rings. The Morgan fingerprint density at radius 3 is 2.54 bits per heavy atom. The maximum Gasteiger partial charge on any atom is 0.274 e. The second-order valence-corrected chi connectivity index (χ2v) is 9.62. The largest absolute Gasteiger partial charge is 0.398 e. The fourth-order valence-electron chi connectivity index (χ4n) is 4.21. The highest BCUT2D eigenvalue weighted by atomic mass is 19.3. The van der Waals surface area contributed by atoms with Crippen LogP contribution in [0.1, 0.15) is 29.7 Å². The molecule has 1 fully saturated rings. The summed E-state index contributed by atoms with van der Waals surface area (Å²) in [4.78, 5) is 25.4. The quantitative estimate of drug-likeness (QED) is 0.314. The highest BCUT2D eigenvalue weighted by Crippen LogP contribution is 2.29. The number of aromatic nitrogens is 2. The maximum absolute atomic E-state index is 13.5. The van der Waals surface area contributed by atoms with E-state index in [2.05, 4.69) is 15.3 Å². The minimum Gasteiger partial charge on any atom is -0.398 e. The molecule has 4 N–H and O–H groups in total. The molecule has 1 aromatic carbocycles. The number of nitrogens with two attached hydrogens (primary N) is 1. The Kier molecular flexibility index (Phi) is 7.89. The molecule has 1 saturated heterocycles. The molecule has 1 amide bonds. The van der Waals surface area contributed by atoms with Crippen molar-refractivity contribution >= 4 is 23.0 Å². The zero-order valence-corrected chi connectivity index (χ0v) is 21.0. The van der Waals surface area contributed by atoms with Crippen molar-refractivity contribution in [1.29, 1.82) is 5.41 Å². The minimum atomic E-state index is -2.58. The van der Waals surface area contributed by atoms with Crippen molar-refractivity contribution < 1.29 is 13.6 Å². The third-order valence-corrected chi connectivity index (χ3v) is 6.23. The van der Waals surface area contributed by atoms with Crippen molar-refractivity contribution in [2.75, 3.05) is 38.2 Å². The second kappa shape index (κ2) is 11.1. The molecule has 0 radical (unpaired) electrons. The number of alkyl halides is 2.